The van der Waals surface area contributed by atoms with Crippen LogP contribution in [0.4, 0.5) is 5.82 Å². The van der Waals surface area contributed by atoms with E-state index in [0.717, 1.165) is 6.42 Å². The maximum absolute atomic E-state index is 10.5. The van der Waals surface area contributed by atoms with Gasteiger partial charge in [0.1, 0.15) is 41.2 Å². The highest BCUT2D eigenvalue weighted by molar-refractivity contribution is 7.97. The molecule has 0 spiro atoms. The van der Waals surface area contributed by atoms with Crippen molar-refractivity contribution in [3.8, 4) is 0 Å². The highest BCUT2D eigenvalue weighted by atomic mass is 79.9. The quantitative estimate of drug-likeness (QED) is 0.267. The smallest absolute Gasteiger partial charge is 0.167 e. The third kappa shape index (κ3) is 3.71. The molecular weight excluding hydrogens is 436 g/mol. The molecule has 27 heavy (non-hydrogen) atoms. The zero-order valence-corrected chi connectivity index (χ0v) is 17.1. The largest absolute Gasteiger partial charge is 1.00 e. The van der Waals surface area contributed by atoms with E-state index in [1.54, 1.807) is 4.57 Å². The summed E-state index contributed by atoms with van der Waals surface area (Å²) in [6.07, 6.45) is 6.77. The second-order valence-electron chi connectivity index (χ2n) is 6.81. The molecule has 1 aliphatic heterocycles. The maximum atomic E-state index is 10.5. The number of rotatable bonds is 4. The number of nitrogens with zero attached hydrogens (tertiary/aromatic N) is 4. The number of hydrogen-bond donors (Lipinski definition) is 4. The summed E-state index contributed by atoms with van der Waals surface area (Å²) in [4.78, 5) is 12.3. The van der Waals surface area contributed by atoms with Gasteiger partial charge in [0.05, 0.1) is 12.6 Å². The van der Waals surface area contributed by atoms with Gasteiger partial charge >= 0.3 is 0 Å². The zero-order valence-electron chi connectivity index (χ0n) is 14.7. The van der Waals surface area contributed by atoms with Crippen molar-refractivity contribution in [3.05, 3.63) is 24.8 Å². The van der Waals surface area contributed by atoms with E-state index < -0.39 is 24.5 Å². The monoisotopic (exact) mass is 458 g/mol. The molecule has 9 nitrogen and oxygen atoms in total. The van der Waals surface area contributed by atoms with Crippen LogP contribution in [0.2, 0.25) is 0 Å². The number of ether oxygens (including phenoxy) is 1. The Balaban J connectivity index is 0.00000210. The number of aliphatic hydroxyl groups is 2. The second kappa shape index (κ2) is 8.02. The Hall–Kier alpha value is -1.24. The fraction of sp³-hybridized carbons (Fsp3) is 0.562. The minimum atomic E-state index is -1.08. The number of aliphatic hydroxyl groups excluding tert-OH is 2. The lowest BCUT2D eigenvalue weighted by Crippen LogP contribution is -3.00. The van der Waals surface area contributed by atoms with Gasteiger partial charge in [-0.3, -0.25) is 4.57 Å². The van der Waals surface area contributed by atoms with Crippen molar-refractivity contribution in [1.29, 1.82) is 0 Å². The molecule has 0 saturated carbocycles. The van der Waals surface area contributed by atoms with E-state index >= 15 is 0 Å². The molecule has 1 fully saturated rings. The highest BCUT2D eigenvalue weighted by Gasteiger charge is 2.47. The predicted molar refractivity (Wildman–Crippen MR) is 99.3 cm³/mol. The van der Waals surface area contributed by atoms with Gasteiger partial charge in [0.15, 0.2) is 17.7 Å². The number of aromatic nitrogens is 4. The van der Waals surface area contributed by atoms with Gasteiger partial charge in [0, 0.05) is 12.5 Å². The topological polar surface area (TPSA) is 145 Å². The summed E-state index contributed by atoms with van der Waals surface area (Å²) in [5.41, 5.74) is 12.7. The summed E-state index contributed by atoms with van der Waals surface area (Å²) in [6, 6.07) is 0.102. The molecule has 2 aromatic rings. The van der Waals surface area contributed by atoms with Crippen LogP contribution in [-0.2, 0) is 15.6 Å². The molecule has 1 saturated heterocycles. The summed E-state index contributed by atoms with van der Waals surface area (Å²) < 4.78 is 7.61. The lowest BCUT2D eigenvalue weighted by Gasteiger charge is -2.17. The molecule has 0 radical (unpaired) electrons. The molecule has 148 valence electrons. The molecule has 0 aromatic carbocycles. The third-order valence-electron chi connectivity index (χ3n) is 5.02. The zero-order chi connectivity index (χ0) is 18.4. The van der Waals surface area contributed by atoms with Crippen LogP contribution in [0.3, 0.4) is 0 Å². The molecule has 0 amide bonds. The second-order valence-corrected chi connectivity index (χ2v) is 9.13. The first-order chi connectivity index (χ1) is 12.5. The molecule has 0 bridgehead atoms. The van der Waals surface area contributed by atoms with Gasteiger partial charge in [-0.2, -0.15) is 0 Å². The first-order valence-electron chi connectivity index (χ1n) is 8.45. The van der Waals surface area contributed by atoms with Gasteiger partial charge in [-0.15, -0.1) is 0 Å². The van der Waals surface area contributed by atoms with Crippen LogP contribution in [-0.4, -0.2) is 71.3 Å². The number of fused-ring (bicyclic) bond motifs is 1. The SMILES string of the molecule is C[S+](C[C@@H]1O[C@H](n2cnc3c(N)ncnc32)[C@@H](O)[C@H]1O)C1C=CC(N)C1.[Br-]. The van der Waals surface area contributed by atoms with Crippen LogP contribution < -0.4 is 28.4 Å². The van der Waals surface area contributed by atoms with E-state index in [1.165, 1.54) is 12.7 Å². The average molecular weight is 459 g/mol. The van der Waals surface area contributed by atoms with Crippen molar-refractivity contribution in [2.75, 3.05) is 17.7 Å². The summed E-state index contributed by atoms with van der Waals surface area (Å²) in [5, 5.41) is 21.4. The summed E-state index contributed by atoms with van der Waals surface area (Å²) >= 11 is 0. The van der Waals surface area contributed by atoms with E-state index in [2.05, 4.69) is 27.3 Å². The molecule has 2 aromatic heterocycles. The fourth-order valence-corrected chi connectivity index (χ4v) is 5.48. The third-order valence-corrected chi connectivity index (χ3v) is 7.26. The first-order valence-corrected chi connectivity index (χ1v) is 10.3. The molecule has 6 N–H and O–H groups in total. The minimum absolute atomic E-state index is 0. The molecule has 4 rings (SSSR count). The number of hydrogen-bond acceptors (Lipinski definition) is 8. The molecular formula is C16H23BrN6O3S. The number of halogens is 1. The number of anilines is 1. The van der Waals surface area contributed by atoms with Gasteiger partial charge in [-0.05, 0) is 17.0 Å². The Morgan fingerprint density at radius 3 is 2.74 bits per heavy atom. The van der Waals surface area contributed by atoms with Crippen molar-refractivity contribution in [1.82, 2.24) is 19.5 Å². The molecule has 7 atom stereocenters. The van der Waals surface area contributed by atoms with Crippen molar-refractivity contribution < 1.29 is 31.9 Å². The van der Waals surface area contributed by atoms with Crippen LogP contribution in [0.15, 0.2) is 24.8 Å². The summed E-state index contributed by atoms with van der Waals surface area (Å²) in [5.74, 6) is 0.915. The molecule has 3 heterocycles. The Kier molecular flexibility index (Phi) is 6.08. The van der Waals surface area contributed by atoms with E-state index in [9.17, 15) is 10.2 Å². The van der Waals surface area contributed by atoms with Gasteiger partial charge in [0.2, 0.25) is 0 Å². The van der Waals surface area contributed by atoms with Gasteiger partial charge in [0.25, 0.3) is 0 Å². The van der Waals surface area contributed by atoms with Crippen molar-refractivity contribution >= 4 is 27.9 Å². The Morgan fingerprint density at radius 2 is 2.04 bits per heavy atom. The van der Waals surface area contributed by atoms with Crippen LogP contribution in [0, 0.1) is 0 Å². The average Bonchev–Trinajstić information content (AvgIpc) is 3.30. The van der Waals surface area contributed by atoms with Crippen LogP contribution >= 0.6 is 0 Å². The predicted octanol–water partition coefficient (Wildman–Crippen LogP) is -4.06. The lowest BCUT2D eigenvalue weighted by atomic mass is 10.1. The Morgan fingerprint density at radius 1 is 1.26 bits per heavy atom. The van der Waals surface area contributed by atoms with Gasteiger partial charge in [-0.1, -0.05) is 6.08 Å². The molecule has 1 aliphatic carbocycles. The fourth-order valence-electron chi connectivity index (χ4n) is 3.53. The molecule has 11 heteroatoms. The minimum Gasteiger partial charge on any atom is -1.00 e. The van der Waals surface area contributed by atoms with E-state index in [-0.39, 0.29) is 39.7 Å². The van der Waals surface area contributed by atoms with Crippen LogP contribution in [0.5, 0.6) is 0 Å². The van der Waals surface area contributed by atoms with Crippen molar-refractivity contribution in [3.63, 3.8) is 0 Å². The van der Waals surface area contributed by atoms with Gasteiger partial charge < -0.3 is 43.4 Å². The molecule has 2 aliphatic rings. The summed E-state index contributed by atoms with van der Waals surface area (Å²) in [6.45, 7) is 0. The van der Waals surface area contributed by atoms with Gasteiger partial charge in [-0.25, -0.2) is 15.0 Å². The normalized spacial score (nSPS) is 34.1. The van der Waals surface area contributed by atoms with Crippen molar-refractivity contribution in [2.45, 2.75) is 42.3 Å². The van der Waals surface area contributed by atoms with Crippen LogP contribution in [0.1, 0.15) is 12.6 Å². The Labute approximate surface area is 169 Å². The number of imidazole rings is 1. The number of nitrogen functional groups attached to an aromatic ring is 1. The standard InChI is InChI=1S/C16H23N6O3S.BrH/c1-26(9-3-2-8(17)4-9)5-10-12(23)13(24)16(25-10)22-7-21-11-14(18)19-6-20-15(11)22;/h2-3,6-10,12-13,16,23-24H,4-5,17H2,1H3,(H2,18,19,20);1H/q+1;/p-1/t8?,9?,10-,12-,13-,16-,26?;/m0./s1. The number of nitrogens with two attached hydrogens (primary N) is 2. The molecule has 3 unspecified atom stereocenters. The maximum Gasteiger partial charge on any atom is 0.167 e. The summed E-state index contributed by atoms with van der Waals surface area (Å²) in [7, 11) is -0.0175. The lowest BCUT2D eigenvalue weighted by molar-refractivity contribution is -0.0290. The van der Waals surface area contributed by atoms with Crippen LogP contribution in [0.25, 0.3) is 11.2 Å². The highest BCUT2D eigenvalue weighted by Crippen LogP contribution is 2.33. The Bertz CT molecular complexity index is 836. The van der Waals surface area contributed by atoms with E-state index in [4.69, 9.17) is 16.2 Å². The van der Waals surface area contributed by atoms with Crippen molar-refractivity contribution in [2.24, 2.45) is 5.73 Å². The van der Waals surface area contributed by atoms with E-state index in [1.807, 2.05) is 6.08 Å². The first kappa shape index (κ1) is 20.5. The van der Waals surface area contributed by atoms with E-state index in [0.29, 0.717) is 22.2 Å².